The van der Waals surface area contributed by atoms with E-state index in [2.05, 4.69) is 10.0 Å². The van der Waals surface area contributed by atoms with Crippen LogP contribution in [0.1, 0.15) is 40.5 Å². The standard InChI is InChI=1S/C12H22N4O3/c1-9(14-15-13)12(18)5-7-16(8-6-12)10(17)19-11(2,3)4/h9,18H,5-8H2,1-4H3. The number of rotatable bonds is 2. The number of azide groups is 1. The first kappa shape index (κ1) is 15.6. The SMILES string of the molecule is CC(N=[N+]=[N-])C1(O)CCN(C(=O)OC(C)(C)C)CC1. The molecule has 0 aliphatic carbocycles. The number of piperidine rings is 1. The van der Waals surface area contributed by atoms with Gasteiger partial charge in [0.2, 0.25) is 0 Å². The Balaban J connectivity index is 2.57. The highest BCUT2D eigenvalue weighted by Gasteiger charge is 2.39. The largest absolute Gasteiger partial charge is 0.444 e. The van der Waals surface area contributed by atoms with Crippen LogP contribution in [0, 0.1) is 0 Å². The molecule has 0 bridgehead atoms. The van der Waals surface area contributed by atoms with E-state index in [-0.39, 0.29) is 6.09 Å². The number of carbonyl (C=O) groups excluding carboxylic acids is 1. The molecule has 1 fully saturated rings. The minimum atomic E-state index is -1.04. The van der Waals surface area contributed by atoms with Crippen LogP contribution in [0.4, 0.5) is 4.79 Å². The molecule has 1 heterocycles. The smallest absolute Gasteiger partial charge is 0.410 e. The molecule has 7 heteroatoms. The summed E-state index contributed by atoms with van der Waals surface area (Å²) in [5.74, 6) is 0. The number of ether oxygens (including phenoxy) is 1. The van der Waals surface area contributed by atoms with Crippen molar-refractivity contribution in [1.82, 2.24) is 4.90 Å². The van der Waals surface area contributed by atoms with Gasteiger partial charge in [0.1, 0.15) is 5.60 Å². The first-order valence-corrected chi connectivity index (χ1v) is 6.42. The molecule has 1 rings (SSSR count). The Morgan fingerprint density at radius 1 is 1.47 bits per heavy atom. The van der Waals surface area contributed by atoms with E-state index in [0.29, 0.717) is 25.9 Å². The van der Waals surface area contributed by atoms with Crippen molar-refractivity contribution in [2.24, 2.45) is 5.11 Å². The van der Waals surface area contributed by atoms with Crippen LogP contribution < -0.4 is 0 Å². The van der Waals surface area contributed by atoms with E-state index in [4.69, 9.17) is 10.3 Å². The average molecular weight is 270 g/mol. The fourth-order valence-electron chi connectivity index (χ4n) is 2.01. The van der Waals surface area contributed by atoms with Gasteiger partial charge in [0.25, 0.3) is 0 Å². The third-order valence-electron chi connectivity index (χ3n) is 3.28. The number of likely N-dealkylation sites (tertiary alicyclic amines) is 1. The van der Waals surface area contributed by atoms with Crippen molar-refractivity contribution in [3.8, 4) is 0 Å². The summed E-state index contributed by atoms with van der Waals surface area (Å²) in [6.45, 7) is 7.93. The number of aliphatic hydroxyl groups is 1. The van der Waals surface area contributed by atoms with E-state index in [1.165, 1.54) is 0 Å². The molecule has 1 N–H and O–H groups in total. The van der Waals surface area contributed by atoms with E-state index in [1.54, 1.807) is 11.8 Å². The van der Waals surface area contributed by atoms with Crippen LogP contribution in [-0.4, -0.2) is 46.4 Å². The molecule has 1 saturated heterocycles. The Hall–Kier alpha value is -1.46. The summed E-state index contributed by atoms with van der Waals surface area (Å²) in [7, 11) is 0. The third-order valence-corrected chi connectivity index (χ3v) is 3.28. The molecule has 0 spiro atoms. The maximum absolute atomic E-state index is 11.9. The Morgan fingerprint density at radius 2 is 2.00 bits per heavy atom. The summed E-state index contributed by atoms with van der Waals surface area (Å²) >= 11 is 0. The van der Waals surface area contributed by atoms with Crippen LogP contribution in [-0.2, 0) is 4.74 Å². The van der Waals surface area contributed by atoms with Gasteiger partial charge in [0.05, 0.1) is 11.6 Å². The van der Waals surface area contributed by atoms with Gasteiger partial charge in [-0.2, -0.15) is 0 Å². The second-order valence-electron chi connectivity index (χ2n) is 5.95. The molecule has 7 nitrogen and oxygen atoms in total. The van der Waals surface area contributed by atoms with Gasteiger partial charge in [0.15, 0.2) is 0 Å². The molecular weight excluding hydrogens is 248 g/mol. The van der Waals surface area contributed by atoms with Crippen molar-refractivity contribution in [3.63, 3.8) is 0 Å². The molecular formula is C12H22N4O3. The van der Waals surface area contributed by atoms with Crippen LogP contribution >= 0.6 is 0 Å². The number of hydrogen-bond acceptors (Lipinski definition) is 4. The molecule has 1 aliphatic heterocycles. The average Bonchev–Trinajstić information content (AvgIpc) is 2.27. The van der Waals surface area contributed by atoms with Gasteiger partial charge in [-0.25, -0.2) is 4.79 Å². The van der Waals surface area contributed by atoms with Crippen molar-refractivity contribution in [2.75, 3.05) is 13.1 Å². The molecule has 1 aliphatic rings. The highest BCUT2D eigenvalue weighted by molar-refractivity contribution is 5.68. The topological polar surface area (TPSA) is 98.5 Å². The molecule has 0 aromatic rings. The summed E-state index contributed by atoms with van der Waals surface area (Å²) in [6, 6.07) is -0.502. The van der Waals surface area contributed by atoms with Gasteiger partial charge in [-0.3, -0.25) is 0 Å². The molecule has 19 heavy (non-hydrogen) atoms. The van der Waals surface area contributed by atoms with Gasteiger partial charge in [-0.1, -0.05) is 12.0 Å². The fourth-order valence-corrected chi connectivity index (χ4v) is 2.01. The number of amides is 1. The monoisotopic (exact) mass is 270 g/mol. The molecule has 0 saturated carbocycles. The predicted molar refractivity (Wildman–Crippen MR) is 70.6 cm³/mol. The Morgan fingerprint density at radius 3 is 2.42 bits per heavy atom. The Kier molecular flexibility index (Phi) is 4.66. The second kappa shape index (κ2) is 5.67. The van der Waals surface area contributed by atoms with Crippen LogP contribution in [0.3, 0.4) is 0 Å². The maximum atomic E-state index is 11.9. The fraction of sp³-hybridized carbons (Fsp3) is 0.917. The van der Waals surface area contributed by atoms with Gasteiger partial charge >= 0.3 is 6.09 Å². The summed E-state index contributed by atoms with van der Waals surface area (Å²) in [5, 5.41) is 13.9. The lowest BCUT2D eigenvalue weighted by Crippen LogP contribution is -2.52. The lowest BCUT2D eigenvalue weighted by Gasteiger charge is -2.40. The lowest BCUT2D eigenvalue weighted by atomic mass is 9.85. The molecule has 1 unspecified atom stereocenters. The van der Waals surface area contributed by atoms with Gasteiger partial charge < -0.3 is 14.7 Å². The van der Waals surface area contributed by atoms with Crippen molar-refractivity contribution in [1.29, 1.82) is 0 Å². The van der Waals surface area contributed by atoms with Crippen LogP contribution in [0.25, 0.3) is 10.4 Å². The molecule has 0 aromatic heterocycles. The zero-order valence-corrected chi connectivity index (χ0v) is 12.0. The zero-order chi connectivity index (χ0) is 14.7. The first-order valence-electron chi connectivity index (χ1n) is 6.42. The van der Waals surface area contributed by atoms with E-state index in [0.717, 1.165) is 0 Å². The van der Waals surface area contributed by atoms with Crippen LogP contribution in [0.5, 0.6) is 0 Å². The van der Waals surface area contributed by atoms with Gasteiger partial charge in [0, 0.05) is 18.0 Å². The highest BCUT2D eigenvalue weighted by Crippen LogP contribution is 2.28. The Bertz CT molecular complexity index is 377. The minimum Gasteiger partial charge on any atom is -0.444 e. The predicted octanol–water partition coefficient (Wildman–Crippen LogP) is 2.45. The first-order chi connectivity index (χ1) is 8.68. The highest BCUT2D eigenvalue weighted by atomic mass is 16.6. The van der Waals surface area contributed by atoms with Crippen molar-refractivity contribution in [2.45, 2.75) is 57.8 Å². The number of carbonyl (C=O) groups is 1. The van der Waals surface area contributed by atoms with E-state index < -0.39 is 17.2 Å². The summed E-state index contributed by atoms with van der Waals surface area (Å²) < 4.78 is 5.28. The number of nitrogens with zero attached hydrogens (tertiary/aromatic N) is 4. The molecule has 108 valence electrons. The number of hydrogen-bond donors (Lipinski definition) is 1. The van der Waals surface area contributed by atoms with Gasteiger partial charge in [-0.15, -0.1) is 0 Å². The summed E-state index contributed by atoms with van der Waals surface area (Å²) in [5.41, 5.74) is 6.85. The summed E-state index contributed by atoms with van der Waals surface area (Å²) in [6.07, 6.45) is 0.393. The van der Waals surface area contributed by atoms with Gasteiger partial charge in [-0.05, 0) is 39.1 Å². The van der Waals surface area contributed by atoms with Crippen molar-refractivity contribution < 1.29 is 14.6 Å². The maximum Gasteiger partial charge on any atom is 0.410 e. The van der Waals surface area contributed by atoms with Crippen LogP contribution in [0.2, 0.25) is 0 Å². The van der Waals surface area contributed by atoms with E-state index >= 15 is 0 Å². The van der Waals surface area contributed by atoms with Crippen LogP contribution in [0.15, 0.2) is 5.11 Å². The molecule has 1 amide bonds. The Labute approximate surface area is 113 Å². The zero-order valence-electron chi connectivity index (χ0n) is 12.0. The quantitative estimate of drug-likeness (QED) is 0.474. The lowest BCUT2D eigenvalue weighted by molar-refractivity contribution is -0.0433. The van der Waals surface area contributed by atoms with Crippen molar-refractivity contribution >= 4 is 6.09 Å². The third kappa shape index (κ3) is 4.29. The molecule has 0 radical (unpaired) electrons. The summed E-state index contributed by atoms with van der Waals surface area (Å²) in [4.78, 5) is 16.2. The van der Waals surface area contributed by atoms with E-state index in [9.17, 15) is 9.90 Å². The van der Waals surface area contributed by atoms with Crippen molar-refractivity contribution in [3.05, 3.63) is 10.4 Å². The molecule has 1 atom stereocenters. The minimum absolute atomic E-state index is 0.369. The molecule has 0 aromatic carbocycles. The van der Waals surface area contributed by atoms with E-state index in [1.807, 2.05) is 20.8 Å². The normalized spacial score (nSPS) is 20.4. The second-order valence-corrected chi connectivity index (χ2v) is 5.95.